The van der Waals surface area contributed by atoms with Crippen molar-refractivity contribution >= 4 is 17.3 Å². The monoisotopic (exact) mass is 394 g/mol. The minimum absolute atomic E-state index is 0.0358. The maximum absolute atomic E-state index is 12.0. The van der Waals surface area contributed by atoms with Crippen LogP contribution in [-0.4, -0.2) is 55.8 Å². The Bertz CT molecular complexity index is 827. The molecule has 0 radical (unpaired) electrons. The molecular formula is C24H30N2O3. The van der Waals surface area contributed by atoms with Crippen molar-refractivity contribution in [3.8, 4) is 5.75 Å². The minimum atomic E-state index is -0.0808. The molecule has 0 spiro atoms. The summed E-state index contributed by atoms with van der Waals surface area (Å²) in [5.41, 5.74) is 2.35. The second-order valence-electron chi connectivity index (χ2n) is 7.41. The number of ketones is 2. The summed E-state index contributed by atoms with van der Waals surface area (Å²) in [5.74, 6) is 0.524. The SMILES string of the molecule is CCC(=O)c1ccc(OCCCN2CCN(c3ccccc3)CC2)c(C(C)=O)c1. The molecule has 0 saturated carbocycles. The molecule has 0 aliphatic carbocycles. The van der Waals surface area contributed by atoms with Crippen molar-refractivity contribution in [2.75, 3.05) is 44.2 Å². The molecule has 3 rings (SSSR count). The van der Waals surface area contributed by atoms with Gasteiger partial charge in [-0.3, -0.25) is 14.5 Å². The van der Waals surface area contributed by atoms with Crippen molar-refractivity contribution in [2.45, 2.75) is 26.7 Å². The fourth-order valence-electron chi connectivity index (χ4n) is 3.65. The van der Waals surface area contributed by atoms with Gasteiger partial charge in [0.2, 0.25) is 0 Å². The molecule has 1 heterocycles. The number of carbonyl (C=O) groups is 2. The molecule has 5 nitrogen and oxygen atoms in total. The van der Waals surface area contributed by atoms with E-state index in [9.17, 15) is 9.59 Å². The van der Waals surface area contributed by atoms with Gasteiger partial charge in [0.1, 0.15) is 5.75 Å². The predicted molar refractivity (Wildman–Crippen MR) is 116 cm³/mol. The third-order valence-electron chi connectivity index (χ3n) is 5.37. The molecule has 2 aromatic rings. The van der Waals surface area contributed by atoms with E-state index >= 15 is 0 Å². The summed E-state index contributed by atoms with van der Waals surface area (Å²) in [6.07, 6.45) is 1.33. The zero-order valence-corrected chi connectivity index (χ0v) is 17.4. The first-order valence-electron chi connectivity index (χ1n) is 10.4. The average molecular weight is 395 g/mol. The number of benzene rings is 2. The van der Waals surface area contributed by atoms with Crippen molar-refractivity contribution in [2.24, 2.45) is 0 Å². The Balaban J connectivity index is 1.45. The molecule has 0 atom stereocenters. The van der Waals surface area contributed by atoms with Gasteiger partial charge in [-0.2, -0.15) is 0 Å². The minimum Gasteiger partial charge on any atom is -0.493 e. The van der Waals surface area contributed by atoms with E-state index in [1.54, 1.807) is 18.2 Å². The van der Waals surface area contributed by atoms with Gasteiger partial charge < -0.3 is 9.64 Å². The summed E-state index contributed by atoms with van der Waals surface area (Å²) in [4.78, 5) is 28.7. The molecule has 0 N–H and O–H groups in total. The van der Waals surface area contributed by atoms with Gasteiger partial charge in [0, 0.05) is 50.4 Å². The van der Waals surface area contributed by atoms with Gasteiger partial charge in [-0.05, 0) is 43.7 Å². The van der Waals surface area contributed by atoms with Crippen LogP contribution in [0.2, 0.25) is 0 Å². The number of hydrogen-bond acceptors (Lipinski definition) is 5. The molecule has 1 saturated heterocycles. The Morgan fingerprint density at radius 1 is 1.00 bits per heavy atom. The standard InChI is InChI=1S/C24H30N2O3/c1-3-23(28)20-10-11-24(22(18-20)19(2)27)29-17-7-12-25-13-15-26(16-14-25)21-8-5-4-6-9-21/h4-6,8-11,18H,3,7,12-17H2,1-2H3. The number of para-hydroxylation sites is 1. The number of nitrogens with zero attached hydrogens (tertiary/aromatic N) is 2. The van der Waals surface area contributed by atoms with Crippen LogP contribution in [-0.2, 0) is 0 Å². The average Bonchev–Trinajstić information content (AvgIpc) is 2.77. The van der Waals surface area contributed by atoms with Crippen LogP contribution in [0.3, 0.4) is 0 Å². The fourth-order valence-corrected chi connectivity index (χ4v) is 3.65. The molecule has 1 aliphatic rings. The van der Waals surface area contributed by atoms with Crippen LogP contribution in [0.15, 0.2) is 48.5 Å². The molecule has 2 aromatic carbocycles. The summed E-state index contributed by atoms with van der Waals surface area (Å²) in [6, 6.07) is 15.7. The molecule has 5 heteroatoms. The molecule has 29 heavy (non-hydrogen) atoms. The Hall–Kier alpha value is -2.66. The van der Waals surface area contributed by atoms with Crippen molar-refractivity contribution in [3.05, 3.63) is 59.7 Å². The van der Waals surface area contributed by atoms with Crippen LogP contribution in [0.25, 0.3) is 0 Å². The van der Waals surface area contributed by atoms with E-state index in [1.807, 2.05) is 13.0 Å². The first kappa shape index (κ1) is 21.1. The van der Waals surface area contributed by atoms with Gasteiger partial charge in [-0.1, -0.05) is 25.1 Å². The molecular weight excluding hydrogens is 364 g/mol. The van der Waals surface area contributed by atoms with E-state index in [1.165, 1.54) is 12.6 Å². The Kier molecular flexibility index (Phi) is 7.42. The molecule has 0 amide bonds. The van der Waals surface area contributed by atoms with Gasteiger partial charge in [0.15, 0.2) is 11.6 Å². The predicted octanol–water partition coefficient (Wildman–Crippen LogP) is 4.07. The van der Waals surface area contributed by atoms with E-state index in [0.717, 1.165) is 39.1 Å². The number of Topliss-reactive ketones (excluding diaryl/α,β-unsaturated/α-hetero) is 2. The summed E-state index contributed by atoms with van der Waals surface area (Å²) < 4.78 is 5.88. The van der Waals surface area contributed by atoms with Gasteiger partial charge in [-0.25, -0.2) is 0 Å². The van der Waals surface area contributed by atoms with Crippen molar-refractivity contribution in [1.82, 2.24) is 4.90 Å². The fraction of sp³-hybridized carbons (Fsp3) is 0.417. The van der Waals surface area contributed by atoms with E-state index in [4.69, 9.17) is 4.74 Å². The van der Waals surface area contributed by atoms with Crippen LogP contribution < -0.4 is 9.64 Å². The highest BCUT2D eigenvalue weighted by Crippen LogP contribution is 2.22. The molecule has 0 unspecified atom stereocenters. The first-order chi connectivity index (χ1) is 14.1. The van der Waals surface area contributed by atoms with E-state index in [-0.39, 0.29) is 11.6 Å². The Labute approximate surface area is 173 Å². The number of hydrogen-bond donors (Lipinski definition) is 0. The largest absolute Gasteiger partial charge is 0.493 e. The summed E-state index contributed by atoms with van der Waals surface area (Å²) >= 11 is 0. The van der Waals surface area contributed by atoms with Gasteiger partial charge in [0.05, 0.1) is 12.2 Å². The highest BCUT2D eigenvalue weighted by molar-refractivity contribution is 6.02. The van der Waals surface area contributed by atoms with E-state index in [2.05, 4.69) is 34.1 Å². The van der Waals surface area contributed by atoms with Crippen molar-refractivity contribution in [3.63, 3.8) is 0 Å². The maximum Gasteiger partial charge on any atom is 0.163 e. The third kappa shape index (κ3) is 5.67. The van der Waals surface area contributed by atoms with Gasteiger partial charge in [-0.15, -0.1) is 0 Å². The number of rotatable bonds is 9. The maximum atomic E-state index is 12.0. The second kappa shape index (κ2) is 10.2. The Morgan fingerprint density at radius 2 is 1.72 bits per heavy atom. The summed E-state index contributed by atoms with van der Waals surface area (Å²) in [6.45, 7) is 9.01. The number of ether oxygens (including phenoxy) is 1. The molecule has 154 valence electrons. The molecule has 0 bridgehead atoms. The van der Waals surface area contributed by atoms with Gasteiger partial charge >= 0.3 is 0 Å². The number of piperazine rings is 1. The first-order valence-corrected chi connectivity index (χ1v) is 10.4. The molecule has 1 fully saturated rings. The lowest BCUT2D eigenvalue weighted by molar-refractivity contribution is 0.0988. The highest BCUT2D eigenvalue weighted by Gasteiger charge is 2.17. The normalized spacial score (nSPS) is 14.6. The summed E-state index contributed by atoms with van der Waals surface area (Å²) in [5, 5.41) is 0. The zero-order valence-electron chi connectivity index (χ0n) is 17.4. The van der Waals surface area contributed by atoms with Crippen LogP contribution in [0.5, 0.6) is 5.75 Å². The Morgan fingerprint density at radius 3 is 2.38 bits per heavy atom. The second-order valence-corrected chi connectivity index (χ2v) is 7.41. The van der Waals surface area contributed by atoms with Crippen LogP contribution >= 0.6 is 0 Å². The van der Waals surface area contributed by atoms with Crippen molar-refractivity contribution in [1.29, 1.82) is 0 Å². The third-order valence-corrected chi connectivity index (χ3v) is 5.37. The summed E-state index contributed by atoms with van der Waals surface area (Å²) in [7, 11) is 0. The lowest BCUT2D eigenvalue weighted by Crippen LogP contribution is -2.46. The van der Waals surface area contributed by atoms with E-state index < -0.39 is 0 Å². The van der Waals surface area contributed by atoms with Crippen LogP contribution in [0, 0.1) is 0 Å². The lowest BCUT2D eigenvalue weighted by Gasteiger charge is -2.36. The lowest BCUT2D eigenvalue weighted by atomic mass is 10.0. The number of carbonyl (C=O) groups excluding carboxylic acids is 2. The molecule has 1 aliphatic heterocycles. The smallest absolute Gasteiger partial charge is 0.163 e. The van der Waals surface area contributed by atoms with Crippen LogP contribution in [0.1, 0.15) is 47.4 Å². The topological polar surface area (TPSA) is 49.9 Å². The quantitative estimate of drug-likeness (QED) is 0.474. The number of anilines is 1. The van der Waals surface area contributed by atoms with Gasteiger partial charge in [0.25, 0.3) is 0 Å². The van der Waals surface area contributed by atoms with Crippen molar-refractivity contribution < 1.29 is 14.3 Å². The zero-order chi connectivity index (χ0) is 20.6. The van der Waals surface area contributed by atoms with Crippen LogP contribution in [0.4, 0.5) is 5.69 Å². The molecule has 0 aromatic heterocycles. The highest BCUT2D eigenvalue weighted by atomic mass is 16.5. The van der Waals surface area contributed by atoms with E-state index in [0.29, 0.717) is 29.9 Å².